The van der Waals surface area contributed by atoms with E-state index in [0.717, 1.165) is 12.1 Å². The van der Waals surface area contributed by atoms with Gasteiger partial charge in [-0.2, -0.15) is 5.26 Å². The Morgan fingerprint density at radius 1 is 1.37 bits per heavy atom. The number of hydrogen-bond donors (Lipinski definition) is 1. The Hall–Kier alpha value is -2.06. The number of nitrogens with zero attached hydrogens (tertiary/aromatic N) is 2. The third-order valence-electron chi connectivity index (χ3n) is 3.70. The van der Waals surface area contributed by atoms with Crippen LogP contribution in [0.5, 0.6) is 0 Å². The summed E-state index contributed by atoms with van der Waals surface area (Å²) in [5, 5.41) is 11.8. The first-order chi connectivity index (χ1) is 9.28. The van der Waals surface area contributed by atoms with Crippen LogP contribution in [0.4, 0.5) is 5.69 Å². The van der Waals surface area contributed by atoms with Gasteiger partial charge in [-0.05, 0) is 30.7 Å². The average molecular weight is 257 g/mol. The summed E-state index contributed by atoms with van der Waals surface area (Å²) in [6.45, 7) is 1.62. The van der Waals surface area contributed by atoms with Gasteiger partial charge in [0, 0.05) is 5.69 Å². The Labute approximate surface area is 111 Å². The molecule has 5 heteroatoms. The fraction of sp³-hybridized carbons (Fsp3) is 0.429. The van der Waals surface area contributed by atoms with Crippen LogP contribution < -0.4 is 5.32 Å². The molecule has 2 unspecified atom stereocenters. The lowest BCUT2D eigenvalue weighted by atomic mass is 9.91. The van der Waals surface area contributed by atoms with Crippen LogP contribution in [-0.4, -0.2) is 42.6 Å². The molecule has 1 aromatic carbocycles. The fourth-order valence-electron chi connectivity index (χ4n) is 2.68. The number of carbonyl (C=O) groups excluding carboxylic acids is 1. The molecule has 1 N–H and O–H groups in total. The lowest BCUT2D eigenvalue weighted by molar-refractivity contribution is -0.165. The standard InChI is InChI=1S/C14H15N3O2/c15-6-10-1-3-11(4-2-10)16-7-14(18)17-12-5-13(17)9-19-8-12/h1-4,12-13,16H,5,7-9H2. The van der Waals surface area contributed by atoms with Gasteiger partial charge in [-0.15, -0.1) is 0 Å². The minimum Gasteiger partial charge on any atom is -0.377 e. The van der Waals surface area contributed by atoms with Gasteiger partial charge in [-0.3, -0.25) is 4.79 Å². The number of rotatable bonds is 3. The molecule has 0 spiro atoms. The van der Waals surface area contributed by atoms with Gasteiger partial charge in [0.2, 0.25) is 5.91 Å². The molecule has 3 rings (SSSR count). The summed E-state index contributed by atoms with van der Waals surface area (Å²) in [4.78, 5) is 14.0. The van der Waals surface area contributed by atoms with Gasteiger partial charge in [0.25, 0.3) is 0 Å². The number of hydrogen-bond acceptors (Lipinski definition) is 4. The highest BCUT2D eigenvalue weighted by molar-refractivity contribution is 5.82. The predicted molar refractivity (Wildman–Crippen MR) is 69.5 cm³/mol. The van der Waals surface area contributed by atoms with Crippen molar-refractivity contribution in [1.82, 2.24) is 4.90 Å². The largest absolute Gasteiger partial charge is 0.377 e. The minimum atomic E-state index is 0.119. The maximum Gasteiger partial charge on any atom is 0.242 e. The number of ether oxygens (including phenoxy) is 1. The monoisotopic (exact) mass is 257 g/mol. The molecule has 2 fully saturated rings. The Kier molecular flexibility index (Phi) is 3.10. The van der Waals surface area contributed by atoms with Gasteiger partial charge in [-0.25, -0.2) is 0 Å². The number of amides is 1. The lowest BCUT2D eigenvalue weighted by Crippen LogP contribution is -2.66. The number of anilines is 1. The zero-order chi connectivity index (χ0) is 13.2. The van der Waals surface area contributed by atoms with E-state index >= 15 is 0 Å². The van der Waals surface area contributed by atoms with E-state index in [1.54, 1.807) is 12.1 Å². The van der Waals surface area contributed by atoms with E-state index in [-0.39, 0.29) is 18.0 Å². The first-order valence-electron chi connectivity index (χ1n) is 6.41. The molecule has 2 aliphatic rings. The highest BCUT2D eigenvalue weighted by atomic mass is 16.5. The summed E-state index contributed by atoms with van der Waals surface area (Å²) in [7, 11) is 0. The quantitative estimate of drug-likeness (QED) is 0.876. The molecule has 1 amide bonds. The summed E-state index contributed by atoms with van der Waals surface area (Å²) in [5.74, 6) is 0.119. The van der Waals surface area contributed by atoms with E-state index < -0.39 is 0 Å². The normalized spacial score (nSPS) is 24.3. The summed E-state index contributed by atoms with van der Waals surface area (Å²) in [5.41, 5.74) is 1.47. The molecule has 0 aromatic heterocycles. The maximum absolute atomic E-state index is 12.1. The molecule has 98 valence electrons. The maximum atomic E-state index is 12.1. The number of benzene rings is 1. The van der Waals surface area contributed by atoms with Crippen LogP contribution in [0.15, 0.2) is 24.3 Å². The molecular formula is C14H15N3O2. The van der Waals surface area contributed by atoms with Gasteiger partial charge in [0.1, 0.15) is 0 Å². The van der Waals surface area contributed by atoms with Crippen LogP contribution in [0, 0.1) is 11.3 Å². The van der Waals surface area contributed by atoms with Crippen molar-refractivity contribution < 1.29 is 9.53 Å². The number of fused-ring (bicyclic) bond motifs is 2. The molecule has 0 aliphatic carbocycles. The molecule has 5 nitrogen and oxygen atoms in total. The SMILES string of the molecule is N#Cc1ccc(NCC(=O)N2C3COCC2C3)cc1. The third kappa shape index (κ3) is 2.27. The Morgan fingerprint density at radius 3 is 2.63 bits per heavy atom. The highest BCUT2D eigenvalue weighted by Gasteiger charge is 2.44. The van der Waals surface area contributed by atoms with Gasteiger partial charge >= 0.3 is 0 Å². The smallest absolute Gasteiger partial charge is 0.242 e. The van der Waals surface area contributed by atoms with Crippen molar-refractivity contribution in [3.63, 3.8) is 0 Å². The molecule has 2 aliphatic heterocycles. The summed E-state index contributed by atoms with van der Waals surface area (Å²) in [6.07, 6.45) is 1.07. The van der Waals surface area contributed by atoms with Crippen molar-refractivity contribution in [2.75, 3.05) is 25.1 Å². The fourth-order valence-corrected chi connectivity index (χ4v) is 2.68. The number of nitriles is 1. The van der Waals surface area contributed by atoms with Crippen LogP contribution in [0.25, 0.3) is 0 Å². The lowest BCUT2D eigenvalue weighted by Gasteiger charge is -2.52. The van der Waals surface area contributed by atoms with E-state index in [4.69, 9.17) is 10.00 Å². The number of carbonyl (C=O) groups is 1. The number of nitrogens with one attached hydrogen (secondary N) is 1. The Morgan fingerprint density at radius 2 is 2.05 bits per heavy atom. The second-order valence-corrected chi connectivity index (χ2v) is 4.92. The molecule has 19 heavy (non-hydrogen) atoms. The van der Waals surface area contributed by atoms with Gasteiger partial charge in [-0.1, -0.05) is 0 Å². The Balaban J connectivity index is 1.54. The van der Waals surface area contributed by atoms with Gasteiger partial charge < -0.3 is 15.0 Å². The predicted octanol–water partition coefficient (Wildman–Crippen LogP) is 0.970. The van der Waals surface area contributed by atoms with E-state index in [1.165, 1.54) is 0 Å². The molecule has 0 saturated carbocycles. The summed E-state index contributed by atoms with van der Waals surface area (Å²) >= 11 is 0. The van der Waals surface area contributed by atoms with Crippen molar-refractivity contribution in [1.29, 1.82) is 5.26 Å². The molecular weight excluding hydrogens is 242 g/mol. The van der Waals surface area contributed by atoms with Crippen LogP contribution in [0.1, 0.15) is 12.0 Å². The first-order valence-corrected chi connectivity index (χ1v) is 6.41. The molecule has 2 bridgehead atoms. The molecule has 2 heterocycles. The second kappa shape index (κ2) is 4.90. The minimum absolute atomic E-state index is 0.119. The van der Waals surface area contributed by atoms with Crippen molar-refractivity contribution in [3.05, 3.63) is 29.8 Å². The molecule has 2 atom stereocenters. The van der Waals surface area contributed by atoms with E-state index in [9.17, 15) is 4.79 Å². The topological polar surface area (TPSA) is 65.4 Å². The Bertz CT molecular complexity index is 506. The summed E-state index contributed by atoms with van der Waals surface area (Å²) in [6, 6.07) is 9.70. The zero-order valence-electron chi connectivity index (χ0n) is 10.5. The zero-order valence-corrected chi connectivity index (χ0v) is 10.5. The van der Waals surface area contributed by atoms with Crippen molar-refractivity contribution >= 4 is 11.6 Å². The van der Waals surface area contributed by atoms with Crippen molar-refractivity contribution in [2.24, 2.45) is 0 Å². The van der Waals surface area contributed by atoms with Gasteiger partial charge in [0.05, 0.1) is 43.5 Å². The highest BCUT2D eigenvalue weighted by Crippen LogP contribution is 2.30. The van der Waals surface area contributed by atoms with E-state index in [1.807, 2.05) is 17.0 Å². The van der Waals surface area contributed by atoms with Crippen LogP contribution in [0.2, 0.25) is 0 Å². The van der Waals surface area contributed by atoms with E-state index in [2.05, 4.69) is 11.4 Å². The molecule has 1 aromatic rings. The van der Waals surface area contributed by atoms with Crippen molar-refractivity contribution in [3.8, 4) is 6.07 Å². The van der Waals surface area contributed by atoms with Crippen LogP contribution in [-0.2, 0) is 9.53 Å². The third-order valence-corrected chi connectivity index (χ3v) is 3.70. The van der Waals surface area contributed by atoms with Crippen LogP contribution >= 0.6 is 0 Å². The average Bonchev–Trinajstić information content (AvgIpc) is 2.46. The van der Waals surface area contributed by atoms with Crippen LogP contribution in [0.3, 0.4) is 0 Å². The van der Waals surface area contributed by atoms with E-state index in [0.29, 0.717) is 25.3 Å². The van der Waals surface area contributed by atoms with Crippen molar-refractivity contribution in [2.45, 2.75) is 18.5 Å². The second-order valence-electron chi connectivity index (χ2n) is 4.92. The van der Waals surface area contributed by atoms with Gasteiger partial charge in [0.15, 0.2) is 0 Å². The molecule has 0 radical (unpaired) electrons. The first kappa shape index (κ1) is 12.0. The summed E-state index contributed by atoms with van der Waals surface area (Å²) < 4.78 is 5.36. The molecule has 2 saturated heterocycles. The number of morpholine rings is 1.